The predicted octanol–water partition coefficient (Wildman–Crippen LogP) is 2.71. The molecule has 0 amide bonds. The van der Waals surface area contributed by atoms with Crippen LogP contribution >= 0.6 is 0 Å². The molecule has 4 heteroatoms. The standard InChI is InChI=1S/C14H19N3O/c1-3-5-12(15)9-13-16-14(17-18-13)11-7-4-6-10(2)8-11/h4,6-8,12H,3,5,9,15H2,1-2H3. The highest BCUT2D eigenvalue weighted by molar-refractivity contribution is 5.55. The van der Waals surface area contributed by atoms with Gasteiger partial charge in [0.25, 0.3) is 0 Å². The second-order valence-electron chi connectivity index (χ2n) is 4.63. The molecule has 1 atom stereocenters. The number of hydrogen-bond acceptors (Lipinski definition) is 4. The average molecular weight is 245 g/mol. The molecule has 0 aliphatic carbocycles. The van der Waals surface area contributed by atoms with Gasteiger partial charge in [-0.3, -0.25) is 0 Å². The van der Waals surface area contributed by atoms with Crippen LogP contribution in [0.4, 0.5) is 0 Å². The van der Waals surface area contributed by atoms with Crippen LogP contribution in [-0.2, 0) is 6.42 Å². The van der Waals surface area contributed by atoms with Crippen LogP contribution in [0.15, 0.2) is 28.8 Å². The summed E-state index contributed by atoms with van der Waals surface area (Å²) in [6.07, 6.45) is 2.69. The lowest BCUT2D eigenvalue weighted by atomic mass is 10.1. The van der Waals surface area contributed by atoms with E-state index in [1.807, 2.05) is 31.2 Å². The smallest absolute Gasteiger partial charge is 0.228 e. The van der Waals surface area contributed by atoms with Gasteiger partial charge in [-0.05, 0) is 19.4 Å². The predicted molar refractivity (Wildman–Crippen MR) is 71.1 cm³/mol. The quantitative estimate of drug-likeness (QED) is 0.879. The fraction of sp³-hybridized carbons (Fsp3) is 0.429. The third-order valence-corrected chi connectivity index (χ3v) is 2.84. The molecule has 2 rings (SSSR count). The van der Waals surface area contributed by atoms with E-state index < -0.39 is 0 Å². The van der Waals surface area contributed by atoms with Crippen LogP contribution in [0.5, 0.6) is 0 Å². The van der Waals surface area contributed by atoms with Gasteiger partial charge in [0.15, 0.2) is 0 Å². The third kappa shape index (κ3) is 3.17. The van der Waals surface area contributed by atoms with Crippen molar-refractivity contribution in [3.8, 4) is 11.4 Å². The van der Waals surface area contributed by atoms with Crippen molar-refractivity contribution < 1.29 is 4.52 Å². The molecular formula is C14H19N3O. The van der Waals surface area contributed by atoms with Crippen LogP contribution in [0.3, 0.4) is 0 Å². The Kier molecular flexibility index (Phi) is 4.10. The van der Waals surface area contributed by atoms with Crippen molar-refractivity contribution >= 4 is 0 Å². The van der Waals surface area contributed by atoms with Gasteiger partial charge in [-0.2, -0.15) is 4.98 Å². The lowest BCUT2D eigenvalue weighted by Gasteiger charge is -2.05. The van der Waals surface area contributed by atoms with Crippen molar-refractivity contribution in [2.45, 2.75) is 39.2 Å². The first kappa shape index (κ1) is 12.8. The Balaban J connectivity index is 2.10. The molecule has 0 saturated carbocycles. The monoisotopic (exact) mass is 245 g/mol. The summed E-state index contributed by atoms with van der Waals surface area (Å²) in [7, 11) is 0. The molecule has 1 aromatic heterocycles. The lowest BCUT2D eigenvalue weighted by Crippen LogP contribution is -2.22. The number of hydrogen-bond donors (Lipinski definition) is 1. The summed E-state index contributed by atoms with van der Waals surface area (Å²) >= 11 is 0. The van der Waals surface area contributed by atoms with Gasteiger partial charge in [-0.1, -0.05) is 42.3 Å². The number of nitrogens with zero attached hydrogens (tertiary/aromatic N) is 2. The van der Waals surface area contributed by atoms with E-state index in [0.717, 1.165) is 18.4 Å². The largest absolute Gasteiger partial charge is 0.339 e. The number of benzene rings is 1. The van der Waals surface area contributed by atoms with E-state index >= 15 is 0 Å². The molecule has 0 fully saturated rings. The summed E-state index contributed by atoms with van der Waals surface area (Å²) in [6.45, 7) is 4.16. The van der Waals surface area contributed by atoms with Crippen molar-refractivity contribution in [3.63, 3.8) is 0 Å². The maximum atomic E-state index is 5.96. The summed E-state index contributed by atoms with van der Waals surface area (Å²) in [5, 5.41) is 4.00. The van der Waals surface area contributed by atoms with Gasteiger partial charge in [-0.25, -0.2) is 0 Å². The Labute approximate surface area is 107 Å². The normalized spacial score (nSPS) is 12.6. The van der Waals surface area contributed by atoms with E-state index in [0.29, 0.717) is 18.1 Å². The van der Waals surface area contributed by atoms with Crippen molar-refractivity contribution in [2.75, 3.05) is 0 Å². The number of nitrogens with two attached hydrogens (primary N) is 1. The van der Waals surface area contributed by atoms with Crippen LogP contribution in [0, 0.1) is 6.92 Å². The Morgan fingerprint density at radius 2 is 2.22 bits per heavy atom. The van der Waals surface area contributed by atoms with Crippen molar-refractivity contribution in [1.82, 2.24) is 10.1 Å². The molecule has 1 heterocycles. The Bertz CT molecular complexity index is 507. The van der Waals surface area contributed by atoms with Crippen molar-refractivity contribution in [1.29, 1.82) is 0 Å². The van der Waals surface area contributed by atoms with E-state index in [1.165, 1.54) is 5.56 Å². The molecule has 4 nitrogen and oxygen atoms in total. The van der Waals surface area contributed by atoms with Crippen LogP contribution in [0.1, 0.15) is 31.2 Å². The number of aryl methyl sites for hydroxylation is 1. The number of rotatable bonds is 5. The van der Waals surface area contributed by atoms with Gasteiger partial charge >= 0.3 is 0 Å². The van der Waals surface area contributed by atoms with Crippen LogP contribution in [0.25, 0.3) is 11.4 Å². The van der Waals surface area contributed by atoms with Gasteiger partial charge in [0.1, 0.15) is 0 Å². The van der Waals surface area contributed by atoms with Crippen molar-refractivity contribution in [3.05, 3.63) is 35.7 Å². The maximum absolute atomic E-state index is 5.96. The third-order valence-electron chi connectivity index (χ3n) is 2.84. The minimum atomic E-state index is 0.0980. The first-order valence-electron chi connectivity index (χ1n) is 6.34. The minimum absolute atomic E-state index is 0.0980. The molecule has 0 bridgehead atoms. The molecule has 1 aromatic carbocycles. The topological polar surface area (TPSA) is 64.9 Å². The highest BCUT2D eigenvalue weighted by Gasteiger charge is 2.11. The SMILES string of the molecule is CCCC(N)Cc1nc(-c2cccc(C)c2)no1. The lowest BCUT2D eigenvalue weighted by molar-refractivity contribution is 0.366. The second kappa shape index (κ2) is 5.78. The van der Waals surface area contributed by atoms with Gasteiger partial charge in [0.2, 0.25) is 11.7 Å². The highest BCUT2D eigenvalue weighted by atomic mass is 16.5. The molecule has 96 valence electrons. The summed E-state index contributed by atoms with van der Waals surface area (Å²) in [6, 6.07) is 8.15. The maximum Gasteiger partial charge on any atom is 0.228 e. The zero-order valence-corrected chi connectivity index (χ0v) is 10.9. The molecule has 1 unspecified atom stereocenters. The minimum Gasteiger partial charge on any atom is -0.339 e. The molecule has 2 N–H and O–H groups in total. The molecule has 0 aliphatic heterocycles. The number of aromatic nitrogens is 2. The molecular weight excluding hydrogens is 226 g/mol. The average Bonchev–Trinajstić information content (AvgIpc) is 2.78. The van der Waals surface area contributed by atoms with Gasteiger partial charge < -0.3 is 10.3 Å². The Hall–Kier alpha value is -1.68. The van der Waals surface area contributed by atoms with Crippen LogP contribution < -0.4 is 5.73 Å². The first-order valence-corrected chi connectivity index (χ1v) is 6.34. The molecule has 0 saturated heterocycles. The van der Waals surface area contributed by atoms with Gasteiger partial charge in [-0.15, -0.1) is 0 Å². The fourth-order valence-electron chi connectivity index (χ4n) is 1.94. The van der Waals surface area contributed by atoms with Crippen LogP contribution in [0.2, 0.25) is 0 Å². The highest BCUT2D eigenvalue weighted by Crippen LogP contribution is 2.17. The Morgan fingerprint density at radius 1 is 1.39 bits per heavy atom. The molecule has 18 heavy (non-hydrogen) atoms. The molecule has 0 aliphatic rings. The summed E-state index contributed by atoms with van der Waals surface area (Å²) in [4.78, 5) is 4.39. The van der Waals surface area contributed by atoms with E-state index in [4.69, 9.17) is 10.3 Å². The van der Waals surface area contributed by atoms with Crippen molar-refractivity contribution in [2.24, 2.45) is 5.73 Å². The van der Waals surface area contributed by atoms with E-state index in [1.54, 1.807) is 0 Å². The van der Waals surface area contributed by atoms with Crippen LogP contribution in [-0.4, -0.2) is 16.2 Å². The molecule has 0 radical (unpaired) electrons. The zero-order valence-electron chi connectivity index (χ0n) is 10.9. The fourth-order valence-corrected chi connectivity index (χ4v) is 1.94. The van der Waals surface area contributed by atoms with Gasteiger partial charge in [0.05, 0.1) is 0 Å². The summed E-state index contributed by atoms with van der Waals surface area (Å²) in [5.74, 6) is 1.25. The Morgan fingerprint density at radius 3 is 2.94 bits per heavy atom. The summed E-state index contributed by atoms with van der Waals surface area (Å²) in [5.41, 5.74) is 8.12. The van der Waals surface area contributed by atoms with Gasteiger partial charge in [0, 0.05) is 18.0 Å². The molecule has 2 aromatic rings. The summed E-state index contributed by atoms with van der Waals surface area (Å²) < 4.78 is 5.23. The second-order valence-corrected chi connectivity index (χ2v) is 4.63. The van der Waals surface area contributed by atoms with E-state index in [9.17, 15) is 0 Å². The zero-order chi connectivity index (χ0) is 13.0. The van der Waals surface area contributed by atoms with E-state index in [2.05, 4.69) is 17.1 Å². The molecule has 0 spiro atoms. The first-order chi connectivity index (χ1) is 8.69. The van der Waals surface area contributed by atoms with E-state index in [-0.39, 0.29) is 6.04 Å².